The van der Waals surface area contributed by atoms with Gasteiger partial charge >= 0.3 is 0 Å². The van der Waals surface area contributed by atoms with E-state index in [0.717, 1.165) is 0 Å². The maximum Gasteiger partial charge on any atom is 0.244 e. The van der Waals surface area contributed by atoms with Crippen LogP contribution in [-0.2, 0) is 4.79 Å². The highest BCUT2D eigenvalue weighted by atomic mass is 16.2. The summed E-state index contributed by atoms with van der Waals surface area (Å²) >= 11 is 0. The Labute approximate surface area is 112 Å². The zero-order valence-corrected chi connectivity index (χ0v) is 10.6. The fraction of sp³-hybridized carbons (Fsp3) is 0.357. The molecule has 0 bridgehead atoms. The van der Waals surface area contributed by atoms with E-state index in [4.69, 9.17) is 10.5 Å². The second-order valence-corrected chi connectivity index (χ2v) is 4.57. The molecule has 1 aliphatic heterocycles. The van der Waals surface area contributed by atoms with Crippen molar-refractivity contribution in [2.75, 3.05) is 11.4 Å². The van der Waals surface area contributed by atoms with Crippen LogP contribution in [0.25, 0.3) is 0 Å². The van der Waals surface area contributed by atoms with Gasteiger partial charge in [-0.15, -0.1) is 0 Å². The summed E-state index contributed by atoms with van der Waals surface area (Å²) in [4.78, 5) is 13.8. The fourth-order valence-electron chi connectivity index (χ4n) is 2.32. The van der Waals surface area contributed by atoms with Gasteiger partial charge < -0.3 is 10.2 Å². The number of carbonyl (C=O) groups excluding carboxylic acids is 1. The number of nitrogens with zero attached hydrogens (tertiary/aromatic N) is 3. The Kier molecular flexibility index (Phi) is 3.68. The van der Waals surface area contributed by atoms with Gasteiger partial charge in [0.15, 0.2) is 0 Å². The maximum absolute atomic E-state index is 12.0. The van der Waals surface area contributed by atoms with Crippen molar-refractivity contribution in [1.82, 2.24) is 5.32 Å². The minimum absolute atomic E-state index is 0.00538. The summed E-state index contributed by atoms with van der Waals surface area (Å²) in [5, 5.41) is 20.9. The second-order valence-electron chi connectivity index (χ2n) is 4.57. The first-order valence-electron chi connectivity index (χ1n) is 6.10. The van der Waals surface area contributed by atoms with Gasteiger partial charge in [0.25, 0.3) is 0 Å². The normalized spacial score (nSPS) is 22.3. The monoisotopic (exact) mass is 254 g/mol. The molecule has 1 aromatic carbocycles. The second kappa shape index (κ2) is 5.41. The van der Waals surface area contributed by atoms with Crippen LogP contribution in [0.4, 0.5) is 5.69 Å². The van der Waals surface area contributed by atoms with E-state index in [1.807, 2.05) is 30.0 Å². The fourth-order valence-corrected chi connectivity index (χ4v) is 2.32. The van der Waals surface area contributed by atoms with Gasteiger partial charge in [-0.3, -0.25) is 4.79 Å². The molecule has 0 radical (unpaired) electrons. The van der Waals surface area contributed by atoms with Crippen LogP contribution in [0, 0.1) is 22.7 Å². The molecule has 0 aromatic heterocycles. The molecule has 1 aliphatic rings. The lowest BCUT2D eigenvalue weighted by Crippen LogP contribution is -2.59. The number of amides is 1. The summed E-state index contributed by atoms with van der Waals surface area (Å²) in [6.45, 7) is 2.50. The van der Waals surface area contributed by atoms with E-state index in [9.17, 15) is 4.79 Å². The maximum atomic E-state index is 12.0. The van der Waals surface area contributed by atoms with E-state index in [-0.39, 0.29) is 18.4 Å². The standard InChI is InChI=1S/C14H14N4O/c1-10-9-18(13(6-7-15)14(19)17-10)12-5-3-2-4-11(12)8-16/h2-5,10,13H,6,9H2,1H3,(H,17,19). The predicted octanol–water partition coefficient (Wildman–Crippen LogP) is 1.17. The first-order chi connectivity index (χ1) is 9.17. The number of anilines is 1. The van der Waals surface area contributed by atoms with Crippen molar-refractivity contribution in [2.45, 2.75) is 25.4 Å². The predicted molar refractivity (Wildman–Crippen MR) is 70.1 cm³/mol. The van der Waals surface area contributed by atoms with Crippen molar-refractivity contribution in [1.29, 1.82) is 10.5 Å². The van der Waals surface area contributed by atoms with Gasteiger partial charge in [-0.1, -0.05) is 12.1 Å². The molecule has 1 amide bonds. The van der Waals surface area contributed by atoms with Crippen LogP contribution in [0.5, 0.6) is 0 Å². The summed E-state index contributed by atoms with van der Waals surface area (Å²) in [5.41, 5.74) is 1.24. The summed E-state index contributed by atoms with van der Waals surface area (Å²) in [6.07, 6.45) is 0.109. The zero-order valence-electron chi connectivity index (χ0n) is 10.6. The summed E-state index contributed by atoms with van der Waals surface area (Å²) < 4.78 is 0. The highest BCUT2D eigenvalue weighted by Crippen LogP contribution is 2.25. The Bertz CT molecular complexity index is 570. The first-order valence-corrected chi connectivity index (χ1v) is 6.10. The average molecular weight is 254 g/mol. The van der Waals surface area contributed by atoms with Crippen LogP contribution in [0.15, 0.2) is 24.3 Å². The molecule has 1 aromatic rings. The third-order valence-electron chi connectivity index (χ3n) is 3.16. The molecule has 0 saturated carbocycles. The van der Waals surface area contributed by atoms with Crippen molar-refractivity contribution >= 4 is 11.6 Å². The average Bonchev–Trinajstić information content (AvgIpc) is 2.41. The Morgan fingerprint density at radius 1 is 1.42 bits per heavy atom. The molecule has 5 heteroatoms. The number of piperazine rings is 1. The molecule has 2 rings (SSSR count). The molecular weight excluding hydrogens is 240 g/mol. The van der Waals surface area contributed by atoms with Gasteiger partial charge in [-0.25, -0.2) is 0 Å². The minimum atomic E-state index is -0.532. The minimum Gasteiger partial charge on any atom is -0.356 e. The van der Waals surface area contributed by atoms with E-state index in [0.29, 0.717) is 17.8 Å². The van der Waals surface area contributed by atoms with Gasteiger partial charge in [-0.05, 0) is 19.1 Å². The summed E-state index contributed by atoms with van der Waals surface area (Å²) in [5.74, 6) is -0.159. The van der Waals surface area contributed by atoms with Gasteiger partial charge in [0.05, 0.1) is 23.7 Å². The Morgan fingerprint density at radius 2 is 2.16 bits per heavy atom. The van der Waals surface area contributed by atoms with Gasteiger partial charge in [-0.2, -0.15) is 10.5 Å². The molecule has 2 atom stereocenters. The van der Waals surface area contributed by atoms with Crippen molar-refractivity contribution < 1.29 is 4.79 Å². The summed E-state index contributed by atoms with van der Waals surface area (Å²) in [7, 11) is 0. The molecule has 1 fully saturated rings. The number of hydrogen-bond acceptors (Lipinski definition) is 4. The van der Waals surface area contributed by atoms with Crippen LogP contribution in [0.3, 0.4) is 0 Å². The third kappa shape index (κ3) is 2.51. The lowest BCUT2D eigenvalue weighted by Gasteiger charge is -2.39. The number of benzene rings is 1. The highest BCUT2D eigenvalue weighted by Gasteiger charge is 2.33. The molecule has 1 saturated heterocycles. The smallest absolute Gasteiger partial charge is 0.244 e. The number of rotatable bonds is 2. The molecule has 96 valence electrons. The molecule has 1 heterocycles. The topological polar surface area (TPSA) is 79.9 Å². The molecule has 19 heavy (non-hydrogen) atoms. The van der Waals surface area contributed by atoms with Crippen LogP contribution in [0.2, 0.25) is 0 Å². The van der Waals surface area contributed by atoms with Gasteiger partial charge in [0.2, 0.25) is 5.91 Å². The van der Waals surface area contributed by atoms with Crippen LogP contribution in [-0.4, -0.2) is 24.5 Å². The Hall–Kier alpha value is -2.53. The molecular formula is C14H14N4O. The molecule has 0 aliphatic carbocycles. The van der Waals surface area contributed by atoms with Crippen LogP contribution in [0.1, 0.15) is 18.9 Å². The molecule has 5 nitrogen and oxygen atoms in total. The van der Waals surface area contributed by atoms with Gasteiger partial charge in [0.1, 0.15) is 12.1 Å². The van der Waals surface area contributed by atoms with E-state index in [1.54, 1.807) is 12.1 Å². The van der Waals surface area contributed by atoms with E-state index in [2.05, 4.69) is 11.4 Å². The highest BCUT2D eigenvalue weighted by molar-refractivity contribution is 5.87. The lowest BCUT2D eigenvalue weighted by molar-refractivity contribution is -0.124. The number of hydrogen-bond donors (Lipinski definition) is 1. The molecule has 1 N–H and O–H groups in total. The summed E-state index contributed by atoms with van der Waals surface area (Å²) in [6, 6.07) is 10.8. The van der Waals surface area contributed by atoms with E-state index < -0.39 is 6.04 Å². The molecule has 2 unspecified atom stereocenters. The van der Waals surface area contributed by atoms with Crippen molar-refractivity contribution in [3.63, 3.8) is 0 Å². The lowest BCUT2D eigenvalue weighted by atomic mass is 10.0. The molecule has 0 spiro atoms. The van der Waals surface area contributed by atoms with Crippen LogP contribution >= 0.6 is 0 Å². The number of nitrogens with one attached hydrogen (secondary N) is 1. The van der Waals surface area contributed by atoms with Crippen LogP contribution < -0.4 is 10.2 Å². The third-order valence-corrected chi connectivity index (χ3v) is 3.16. The Morgan fingerprint density at radius 3 is 2.84 bits per heavy atom. The largest absolute Gasteiger partial charge is 0.356 e. The SMILES string of the molecule is CC1CN(c2ccccc2C#N)C(CC#N)C(=O)N1. The number of carbonyl (C=O) groups is 1. The van der Waals surface area contributed by atoms with E-state index in [1.165, 1.54) is 0 Å². The Balaban J connectivity index is 2.42. The number of nitriles is 2. The zero-order chi connectivity index (χ0) is 13.8. The van der Waals surface area contributed by atoms with Gasteiger partial charge in [0, 0.05) is 12.6 Å². The number of para-hydroxylation sites is 1. The van der Waals surface area contributed by atoms with Crippen molar-refractivity contribution in [2.24, 2.45) is 0 Å². The quantitative estimate of drug-likeness (QED) is 0.859. The van der Waals surface area contributed by atoms with Crippen molar-refractivity contribution in [3.8, 4) is 12.1 Å². The first kappa shape index (κ1) is 12.9. The van der Waals surface area contributed by atoms with Crippen molar-refractivity contribution in [3.05, 3.63) is 29.8 Å². The van der Waals surface area contributed by atoms with E-state index >= 15 is 0 Å².